The van der Waals surface area contributed by atoms with Gasteiger partial charge in [0.1, 0.15) is 5.75 Å². The Hall–Kier alpha value is -3.02. The Bertz CT molecular complexity index is 801. The van der Waals surface area contributed by atoms with Crippen molar-refractivity contribution >= 4 is 28.9 Å². The Morgan fingerprint density at radius 2 is 1.81 bits per heavy atom. The molecule has 0 bridgehead atoms. The number of benzene rings is 2. The summed E-state index contributed by atoms with van der Waals surface area (Å²) >= 11 is 0. The van der Waals surface area contributed by atoms with Gasteiger partial charge in [0.2, 0.25) is 5.91 Å². The fourth-order valence-corrected chi connectivity index (χ4v) is 3.18. The highest BCUT2D eigenvalue weighted by atomic mass is 16.5. The number of ether oxygens (including phenoxy) is 1. The first kappa shape index (κ1) is 18.8. The predicted molar refractivity (Wildman–Crippen MR) is 108 cm³/mol. The van der Waals surface area contributed by atoms with Crippen molar-refractivity contribution in [3.05, 3.63) is 48.5 Å². The van der Waals surface area contributed by atoms with E-state index in [9.17, 15) is 9.59 Å². The van der Waals surface area contributed by atoms with Crippen molar-refractivity contribution in [1.82, 2.24) is 0 Å². The van der Waals surface area contributed by atoms with Gasteiger partial charge < -0.3 is 19.9 Å². The van der Waals surface area contributed by atoms with Crippen LogP contribution in [0.5, 0.6) is 5.75 Å². The fourth-order valence-electron chi connectivity index (χ4n) is 3.18. The zero-order valence-corrected chi connectivity index (χ0v) is 15.8. The average molecular weight is 367 g/mol. The molecule has 6 heteroatoms. The van der Waals surface area contributed by atoms with Gasteiger partial charge in [0.25, 0.3) is 5.91 Å². The minimum Gasteiger partial charge on any atom is -0.482 e. The van der Waals surface area contributed by atoms with Gasteiger partial charge in [-0.1, -0.05) is 12.1 Å². The number of carbonyl (C=O) groups excluding carboxylic acids is 2. The number of para-hydroxylation sites is 2. The molecule has 0 saturated carbocycles. The molecule has 27 heavy (non-hydrogen) atoms. The van der Waals surface area contributed by atoms with E-state index >= 15 is 0 Å². The monoisotopic (exact) mass is 367 g/mol. The Kier molecular flexibility index (Phi) is 5.96. The van der Waals surface area contributed by atoms with Crippen LogP contribution in [0.2, 0.25) is 0 Å². The van der Waals surface area contributed by atoms with Gasteiger partial charge in [0, 0.05) is 37.4 Å². The molecule has 1 aliphatic rings. The molecule has 2 aromatic rings. The minimum absolute atomic E-state index is 0.00541. The van der Waals surface area contributed by atoms with E-state index in [2.05, 4.69) is 24.1 Å². The maximum Gasteiger partial charge on any atom is 0.265 e. The van der Waals surface area contributed by atoms with E-state index in [-0.39, 0.29) is 24.8 Å². The summed E-state index contributed by atoms with van der Waals surface area (Å²) in [6.07, 6.45) is 0.220. The second-order valence-electron chi connectivity index (χ2n) is 6.32. The van der Waals surface area contributed by atoms with Crippen molar-refractivity contribution in [1.29, 1.82) is 0 Å². The number of nitrogens with zero attached hydrogens (tertiary/aromatic N) is 2. The van der Waals surface area contributed by atoms with Crippen LogP contribution in [-0.4, -0.2) is 38.1 Å². The van der Waals surface area contributed by atoms with E-state index in [1.54, 1.807) is 4.90 Å². The number of anilines is 3. The quantitative estimate of drug-likeness (QED) is 0.816. The molecule has 0 atom stereocenters. The normalized spacial score (nSPS) is 13.0. The van der Waals surface area contributed by atoms with Crippen LogP contribution in [0, 0.1) is 0 Å². The molecule has 0 spiro atoms. The van der Waals surface area contributed by atoms with E-state index in [0.29, 0.717) is 18.0 Å². The number of amides is 2. The first-order valence-electron chi connectivity index (χ1n) is 9.29. The van der Waals surface area contributed by atoms with E-state index in [4.69, 9.17) is 4.74 Å². The highest BCUT2D eigenvalue weighted by molar-refractivity contribution is 5.99. The van der Waals surface area contributed by atoms with Gasteiger partial charge in [-0.25, -0.2) is 0 Å². The van der Waals surface area contributed by atoms with Crippen LogP contribution in [0.3, 0.4) is 0 Å². The maximum absolute atomic E-state index is 12.3. The zero-order chi connectivity index (χ0) is 19.2. The topological polar surface area (TPSA) is 61.9 Å². The first-order valence-corrected chi connectivity index (χ1v) is 9.29. The van der Waals surface area contributed by atoms with Crippen LogP contribution in [0.25, 0.3) is 0 Å². The molecule has 142 valence electrons. The van der Waals surface area contributed by atoms with Crippen molar-refractivity contribution in [2.45, 2.75) is 20.3 Å². The summed E-state index contributed by atoms with van der Waals surface area (Å²) in [4.78, 5) is 28.3. The Morgan fingerprint density at radius 3 is 2.52 bits per heavy atom. The zero-order valence-electron chi connectivity index (χ0n) is 15.8. The SMILES string of the molecule is CCN(CC)c1ccc(NC(=O)CCN2C(=O)COc3ccccc32)cc1. The molecule has 3 rings (SSSR count). The lowest BCUT2D eigenvalue weighted by Gasteiger charge is -2.29. The van der Waals surface area contributed by atoms with Crippen LogP contribution in [0.1, 0.15) is 20.3 Å². The molecule has 0 aromatic heterocycles. The molecule has 1 aliphatic heterocycles. The molecule has 0 fully saturated rings. The molecular weight excluding hydrogens is 342 g/mol. The molecule has 2 aromatic carbocycles. The summed E-state index contributed by atoms with van der Waals surface area (Å²) in [5, 5.41) is 2.90. The van der Waals surface area contributed by atoms with E-state index in [1.807, 2.05) is 48.5 Å². The van der Waals surface area contributed by atoms with Gasteiger partial charge in [-0.2, -0.15) is 0 Å². The Balaban J connectivity index is 1.58. The average Bonchev–Trinajstić information content (AvgIpc) is 2.69. The number of carbonyl (C=O) groups is 2. The van der Waals surface area contributed by atoms with Gasteiger partial charge in [-0.3, -0.25) is 9.59 Å². The van der Waals surface area contributed by atoms with Crippen molar-refractivity contribution < 1.29 is 14.3 Å². The van der Waals surface area contributed by atoms with Crippen LogP contribution in [0.4, 0.5) is 17.1 Å². The lowest BCUT2D eigenvalue weighted by molar-refractivity contribution is -0.121. The molecule has 6 nitrogen and oxygen atoms in total. The third-order valence-corrected chi connectivity index (χ3v) is 4.65. The van der Waals surface area contributed by atoms with Crippen molar-refractivity contribution in [3.63, 3.8) is 0 Å². The number of nitrogens with one attached hydrogen (secondary N) is 1. The highest BCUT2D eigenvalue weighted by Gasteiger charge is 2.25. The van der Waals surface area contributed by atoms with Gasteiger partial charge in [-0.15, -0.1) is 0 Å². The number of hydrogen-bond acceptors (Lipinski definition) is 4. The fraction of sp³-hybridized carbons (Fsp3) is 0.333. The molecule has 1 N–H and O–H groups in total. The summed E-state index contributed by atoms with van der Waals surface area (Å²) in [6, 6.07) is 15.2. The molecule has 0 unspecified atom stereocenters. The van der Waals surface area contributed by atoms with Gasteiger partial charge in [-0.05, 0) is 50.2 Å². The highest BCUT2D eigenvalue weighted by Crippen LogP contribution is 2.31. The van der Waals surface area contributed by atoms with E-state index in [1.165, 1.54) is 0 Å². The van der Waals surface area contributed by atoms with Gasteiger partial charge in [0.15, 0.2) is 6.61 Å². The van der Waals surface area contributed by atoms with Crippen molar-refractivity contribution in [2.75, 3.05) is 41.4 Å². The standard InChI is InChI=1S/C21H25N3O3/c1-3-23(4-2)17-11-9-16(10-12-17)22-20(25)13-14-24-18-7-5-6-8-19(18)27-15-21(24)26/h5-12H,3-4,13-15H2,1-2H3,(H,22,25). The lowest BCUT2D eigenvalue weighted by Crippen LogP contribution is -2.40. The van der Waals surface area contributed by atoms with Crippen molar-refractivity contribution in [3.8, 4) is 5.75 Å². The molecule has 0 aliphatic carbocycles. The smallest absolute Gasteiger partial charge is 0.265 e. The van der Waals surface area contributed by atoms with E-state index in [0.717, 1.165) is 24.5 Å². The predicted octanol–water partition coefficient (Wildman–Crippen LogP) is 3.29. The summed E-state index contributed by atoms with van der Waals surface area (Å²) in [6.45, 7) is 6.44. The molecule has 0 radical (unpaired) electrons. The largest absolute Gasteiger partial charge is 0.482 e. The summed E-state index contributed by atoms with van der Waals surface area (Å²) in [5.41, 5.74) is 2.60. The lowest BCUT2D eigenvalue weighted by atomic mass is 10.2. The summed E-state index contributed by atoms with van der Waals surface area (Å²) in [7, 11) is 0. The Morgan fingerprint density at radius 1 is 1.11 bits per heavy atom. The van der Waals surface area contributed by atoms with Gasteiger partial charge in [0.05, 0.1) is 5.69 Å². The van der Waals surface area contributed by atoms with Crippen LogP contribution in [0.15, 0.2) is 48.5 Å². The molecule has 1 heterocycles. The molecular formula is C21H25N3O3. The number of fused-ring (bicyclic) bond motifs is 1. The third-order valence-electron chi connectivity index (χ3n) is 4.65. The first-order chi connectivity index (χ1) is 13.1. The molecule has 2 amide bonds. The van der Waals surface area contributed by atoms with Crippen LogP contribution >= 0.6 is 0 Å². The second kappa shape index (κ2) is 8.58. The van der Waals surface area contributed by atoms with Gasteiger partial charge >= 0.3 is 0 Å². The number of rotatable bonds is 7. The van der Waals surface area contributed by atoms with Crippen molar-refractivity contribution in [2.24, 2.45) is 0 Å². The van der Waals surface area contributed by atoms with Crippen LogP contribution < -0.4 is 19.9 Å². The summed E-state index contributed by atoms with van der Waals surface area (Å²) in [5.74, 6) is 0.414. The summed E-state index contributed by atoms with van der Waals surface area (Å²) < 4.78 is 5.42. The Labute approximate surface area is 159 Å². The van der Waals surface area contributed by atoms with Crippen LogP contribution in [-0.2, 0) is 9.59 Å². The van der Waals surface area contributed by atoms with E-state index < -0.39 is 0 Å². The third kappa shape index (κ3) is 4.39. The maximum atomic E-state index is 12.3. The minimum atomic E-state index is -0.134. The molecule has 0 saturated heterocycles. The number of hydrogen-bond donors (Lipinski definition) is 1. The second-order valence-corrected chi connectivity index (χ2v) is 6.32.